The molecule has 2 fully saturated rings. The van der Waals surface area contributed by atoms with Gasteiger partial charge in [-0.1, -0.05) is 6.07 Å². The fourth-order valence-corrected chi connectivity index (χ4v) is 3.44. The highest BCUT2D eigenvalue weighted by atomic mass is 16.5. The summed E-state index contributed by atoms with van der Waals surface area (Å²) in [7, 11) is 1.64. The maximum atomic E-state index is 12.6. The molecule has 6 heteroatoms. The highest BCUT2D eigenvalue weighted by Gasteiger charge is 2.55. The van der Waals surface area contributed by atoms with Crippen molar-refractivity contribution in [3.63, 3.8) is 0 Å². The summed E-state index contributed by atoms with van der Waals surface area (Å²) < 4.78 is 10.6. The van der Waals surface area contributed by atoms with Crippen molar-refractivity contribution in [2.45, 2.75) is 6.54 Å². The van der Waals surface area contributed by atoms with E-state index in [9.17, 15) is 4.79 Å². The Morgan fingerprint density at radius 2 is 2.50 bits per heavy atom. The number of carbonyl (C=O) groups excluding carboxylic acids is 1. The van der Waals surface area contributed by atoms with Gasteiger partial charge in [-0.05, 0) is 12.1 Å². The van der Waals surface area contributed by atoms with Gasteiger partial charge in [-0.25, -0.2) is 0 Å². The number of pyridine rings is 1. The van der Waals surface area contributed by atoms with E-state index in [2.05, 4.69) is 15.2 Å². The first-order chi connectivity index (χ1) is 10.7. The van der Waals surface area contributed by atoms with Crippen molar-refractivity contribution < 1.29 is 14.3 Å². The molecule has 0 aromatic carbocycles. The van der Waals surface area contributed by atoms with E-state index in [0.717, 1.165) is 25.3 Å². The Morgan fingerprint density at radius 1 is 1.59 bits per heavy atom. The van der Waals surface area contributed by atoms with E-state index in [4.69, 9.17) is 9.47 Å². The number of ether oxygens (including phenoxy) is 2. The van der Waals surface area contributed by atoms with Gasteiger partial charge in [-0.3, -0.25) is 14.7 Å². The third-order valence-corrected chi connectivity index (χ3v) is 4.60. The van der Waals surface area contributed by atoms with Gasteiger partial charge in [0.25, 0.3) is 0 Å². The maximum absolute atomic E-state index is 12.6. The van der Waals surface area contributed by atoms with Gasteiger partial charge in [0.1, 0.15) is 0 Å². The molecule has 2 aliphatic heterocycles. The molecule has 1 amide bonds. The van der Waals surface area contributed by atoms with E-state index >= 15 is 0 Å². The quantitative estimate of drug-likeness (QED) is 0.766. The molecule has 22 heavy (non-hydrogen) atoms. The first-order valence-electron chi connectivity index (χ1n) is 7.72. The van der Waals surface area contributed by atoms with E-state index in [1.54, 1.807) is 7.11 Å². The number of amides is 1. The van der Waals surface area contributed by atoms with Gasteiger partial charge >= 0.3 is 0 Å². The fourth-order valence-electron chi connectivity index (χ4n) is 3.44. The second-order valence-electron chi connectivity index (χ2n) is 6.11. The van der Waals surface area contributed by atoms with E-state index in [1.807, 2.05) is 24.4 Å². The summed E-state index contributed by atoms with van der Waals surface area (Å²) in [5, 5.41) is 2.99. The van der Waals surface area contributed by atoms with Crippen LogP contribution in [0.15, 0.2) is 24.4 Å². The predicted molar refractivity (Wildman–Crippen MR) is 81.1 cm³/mol. The van der Waals surface area contributed by atoms with Gasteiger partial charge in [0.05, 0.1) is 30.9 Å². The summed E-state index contributed by atoms with van der Waals surface area (Å²) >= 11 is 0. The lowest BCUT2D eigenvalue weighted by Crippen LogP contribution is -2.47. The standard InChI is InChI=1S/C16H23N3O3/c1-21-7-6-18-15(20)16-11-19(8-13(16)10-22-12-16)9-14-4-2-3-5-17-14/h2-5,13H,6-12H2,1H3,(H,18,20)/t13-,16-/m0/s1. The van der Waals surface area contributed by atoms with Crippen molar-refractivity contribution in [1.29, 1.82) is 0 Å². The molecule has 6 nitrogen and oxygen atoms in total. The molecule has 120 valence electrons. The molecule has 1 aromatic rings. The number of hydrogen-bond acceptors (Lipinski definition) is 5. The Bertz CT molecular complexity index is 511. The SMILES string of the molecule is COCCNC(=O)[C@@]12COC[C@@H]1CN(Cc1ccccn1)C2. The zero-order chi connectivity index (χ0) is 15.4. The summed E-state index contributed by atoms with van der Waals surface area (Å²) in [6.45, 7) is 4.65. The third-order valence-electron chi connectivity index (χ3n) is 4.60. The van der Waals surface area contributed by atoms with Crippen LogP contribution < -0.4 is 5.32 Å². The Labute approximate surface area is 130 Å². The number of nitrogens with one attached hydrogen (secondary N) is 1. The number of rotatable bonds is 6. The van der Waals surface area contributed by atoms with Crippen LogP contribution in [0.5, 0.6) is 0 Å². The molecule has 0 aliphatic carbocycles. The summed E-state index contributed by atoms with van der Waals surface area (Å²) in [5.74, 6) is 0.356. The highest BCUT2D eigenvalue weighted by Crippen LogP contribution is 2.41. The monoisotopic (exact) mass is 305 g/mol. The minimum absolute atomic E-state index is 0.0931. The number of aromatic nitrogens is 1. The van der Waals surface area contributed by atoms with Crippen molar-refractivity contribution in [2.24, 2.45) is 11.3 Å². The molecule has 0 saturated carbocycles. The van der Waals surface area contributed by atoms with Gasteiger partial charge < -0.3 is 14.8 Å². The molecule has 1 aromatic heterocycles. The molecule has 3 heterocycles. The molecule has 2 atom stereocenters. The first kappa shape index (κ1) is 15.4. The second kappa shape index (κ2) is 6.73. The summed E-state index contributed by atoms with van der Waals surface area (Å²) in [6.07, 6.45) is 1.81. The number of carbonyl (C=O) groups is 1. The molecule has 3 rings (SSSR count). The maximum Gasteiger partial charge on any atom is 0.230 e. The van der Waals surface area contributed by atoms with Crippen LogP contribution in [0.4, 0.5) is 0 Å². The van der Waals surface area contributed by atoms with Crippen molar-refractivity contribution in [2.75, 3.05) is 46.6 Å². The normalized spacial score (nSPS) is 27.8. The highest BCUT2D eigenvalue weighted by molar-refractivity contribution is 5.84. The molecule has 1 N–H and O–H groups in total. The minimum Gasteiger partial charge on any atom is -0.383 e. The van der Waals surface area contributed by atoms with Crippen LogP contribution in [0.1, 0.15) is 5.69 Å². The number of fused-ring (bicyclic) bond motifs is 1. The summed E-state index contributed by atoms with van der Waals surface area (Å²) in [6, 6.07) is 5.94. The van der Waals surface area contributed by atoms with Gasteiger partial charge in [0.15, 0.2) is 0 Å². The van der Waals surface area contributed by atoms with Crippen LogP contribution in [0.2, 0.25) is 0 Å². The van der Waals surface area contributed by atoms with Crippen LogP contribution in [0, 0.1) is 11.3 Å². The first-order valence-corrected chi connectivity index (χ1v) is 7.72. The van der Waals surface area contributed by atoms with Gasteiger partial charge in [0.2, 0.25) is 5.91 Å². The number of methoxy groups -OCH3 is 1. The minimum atomic E-state index is -0.414. The summed E-state index contributed by atoms with van der Waals surface area (Å²) in [4.78, 5) is 19.3. The van der Waals surface area contributed by atoms with Crippen LogP contribution in [0.25, 0.3) is 0 Å². The van der Waals surface area contributed by atoms with Crippen LogP contribution >= 0.6 is 0 Å². The second-order valence-corrected chi connectivity index (χ2v) is 6.11. The number of nitrogens with zero attached hydrogens (tertiary/aromatic N) is 2. The van der Waals surface area contributed by atoms with Gasteiger partial charge in [-0.15, -0.1) is 0 Å². The lowest BCUT2D eigenvalue weighted by Gasteiger charge is -2.26. The molecule has 0 spiro atoms. The van der Waals surface area contributed by atoms with Crippen LogP contribution in [-0.4, -0.2) is 62.4 Å². The predicted octanol–water partition coefficient (Wildman–Crippen LogP) is 0.293. The third kappa shape index (κ3) is 2.99. The van der Waals surface area contributed by atoms with Crippen LogP contribution in [-0.2, 0) is 20.8 Å². The van der Waals surface area contributed by atoms with E-state index < -0.39 is 5.41 Å². The van der Waals surface area contributed by atoms with E-state index in [1.165, 1.54) is 0 Å². The molecule has 0 radical (unpaired) electrons. The largest absolute Gasteiger partial charge is 0.383 e. The van der Waals surface area contributed by atoms with E-state index in [0.29, 0.717) is 26.4 Å². The van der Waals surface area contributed by atoms with Crippen LogP contribution in [0.3, 0.4) is 0 Å². The van der Waals surface area contributed by atoms with Crippen molar-refractivity contribution in [3.8, 4) is 0 Å². The lowest BCUT2D eigenvalue weighted by molar-refractivity contribution is -0.131. The van der Waals surface area contributed by atoms with Crippen molar-refractivity contribution in [1.82, 2.24) is 15.2 Å². The van der Waals surface area contributed by atoms with Crippen molar-refractivity contribution in [3.05, 3.63) is 30.1 Å². The average molecular weight is 305 g/mol. The molecule has 0 bridgehead atoms. The average Bonchev–Trinajstić information content (AvgIpc) is 3.06. The molecule has 2 aliphatic rings. The zero-order valence-electron chi connectivity index (χ0n) is 13.0. The van der Waals surface area contributed by atoms with Gasteiger partial charge in [0, 0.05) is 45.4 Å². The Kier molecular flexibility index (Phi) is 4.71. The topological polar surface area (TPSA) is 63.7 Å². The lowest BCUT2D eigenvalue weighted by atomic mass is 9.80. The molecule has 0 unspecified atom stereocenters. The number of hydrogen-bond donors (Lipinski definition) is 1. The molecular formula is C16H23N3O3. The smallest absolute Gasteiger partial charge is 0.230 e. The molecular weight excluding hydrogens is 282 g/mol. The Morgan fingerprint density at radius 3 is 3.27 bits per heavy atom. The summed E-state index contributed by atoms with van der Waals surface area (Å²) in [5.41, 5.74) is 0.626. The van der Waals surface area contributed by atoms with E-state index in [-0.39, 0.29) is 11.8 Å². The zero-order valence-corrected chi connectivity index (χ0v) is 13.0. The Balaban J connectivity index is 1.64. The van der Waals surface area contributed by atoms with Crippen molar-refractivity contribution >= 4 is 5.91 Å². The van der Waals surface area contributed by atoms with Gasteiger partial charge in [-0.2, -0.15) is 0 Å². The number of likely N-dealkylation sites (tertiary alicyclic amines) is 1. The Hall–Kier alpha value is -1.50. The molecule has 2 saturated heterocycles. The fraction of sp³-hybridized carbons (Fsp3) is 0.625.